The van der Waals surface area contributed by atoms with Crippen molar-refractivity contribution in [3.05, 3.63) is 30.3 Å². The van der Waals surface area contributed by atoms with E-state index in [-0.39, 0.29) is 28.9 Å². The Labute approximate surface area is 136 Å². The van der Waals surface area contributed by atoms with Gasteiger partial charge in [-0.25, -0.2) is 13.1 Å². The number of nitrogens with one attached hydrogen (secondary N) is 3. The monoisotopic (exact) mass is 410 g/mol. The highest BCUT2D eigenvalue weighted by Gasteiger charge is 2.12. The summed E-state index contributed by atoms with van der Waals surface area (Å²) in [5.74, 6) is 0.741. The molecule has 3 N–H and O–H groups in total. The van der Waals surface area contributed by atoms with Crippen LogP contribution in [0.15, 0.2) is 40.2 Å². The van der Waals surface area contributed by atoms with Crippen LogP contribution in [0.4, 0.5) is 0 Å². The van der Waals surface area contributed by atoms with Gasteiger partial charge in [0.25, 0.3) is 0 Å². The van der Waals surface area contributed by atoms with Crippen molar-refractivity contribution in [2.45, 2.75) is 11.3 Å². The molecule has 0 aromatic heterocycles. The lowest BCUT2D eigenvalue weighted by molar-refractivity contribution is 0.580. The van der Waals surface area contributed by atoms with Crippen molar-refractivity contribution < 1.29 is 8.42 Å². The van der Waals surface area contributed by atoms with Crippen molar-refractivity contribution in [1.29, 1.82) is 0 Å². The van der Waals surface area contributed by atoms with E-state index in [1.165, 1.54) is 0 Å². The van der Waals surface area contributed by atoms with Gasteiger partial charge in [0, 0.05) is 26.2 Å². The van der Waals surface area contributed by atoms with Crippen LogP contribution in [0, 0.1) is 0 Å². The summed E-state index contributed by atoms with van der Waals surface area (Å²) in [4.78, 5) is 4.52. The van der Waals surface area contributed by atoms with E-state index >= 15 is 0 Å². The molecular formula is C12H19IN4O2S. The molecule has 2 rings (SSSR count). The highest BCUT2D eigenvalue weighted by molar-refractivity contribution is 14.0. The number of halogens is 1. The van der Waals surface area contributed by atoms with E-state index in [4.69, 9.17) is 0 Å². The number of guanidine groups is 1. The van der Waals surface area contributed by atoms with E-state index in [2.05, 4.69) is 20.3 Å². The summed E-state index contributed by atoms with van der Waals surface area (Å²) >= 11 is 0. The fourth-order valence-electron chi connectivity index (χ4n) is 1.70. The maximum Gasteiger partial charge on any atom is 0.240 e. The Hall–Kier alpha value is -0.870. The minimum atomic E-state index is -3.41. The molecule has 0 radical (unpaired) electrons. The SMILES string of the molecule is I.O=S(=O)(NCCNC1=NCCCN1)c1ccccc1. The maximum atomic E-state index is 11.9. The molecule has 0 saturated heterocycles. The van der Waals surface area contributed by atoms with E-state index in [1.807, 2.05) is 0 Å². The summed E-state index contributed by atoms with van der Waals surface area (Å²) in [5.41, 5.74) is 0. The van der Waals surface area contributed by atoms with E-state index in [0.29, 0.717) is 13.1 Å². The second-order valence-electron chi connectivity index (χ2n) is 4.15. The fraction of sp³-hybridized carbons (Fsp3) is 0.417. The second-order valence-corrected chi connectivity index (χ2v) is 5.92. The molecule has 1 aromatic carbocycles. The predicted molar refractivity (Wildman–Crippen MR) is 90.0 cm³/mol. The summed E-state index contributed by atoms with van der Waals surface area (Å²) in [6, 6.07) is 8.33. The summed E-state index contributed by atoms with van der Waals surface area (Å²) in [6.07, 6.45) is 1.03. The number of aliphatic imine (C=N–C) groups is 1. The summed E-state index contributed by atoms with van der Waals surface area (Å²) in [7, 11) is -3.41. The fourth-order valence-corrected chi connectivity index (χ4v) is 2.75. The standard InChI is InChI=1S/C12H18N4O2S.HI/c17-19(18,11-5-2-1-3-6-11)16-10-9-15-12-13-7-4-8-14-12;/h1-3,5-6,16H,4,7-10H2,(H2,13,14,15);1H. The van der Waals surface area contributed by atoms with Crippen LogP contribution in [0.5, 0.6) is 0 Å². The molecule has 1 aromatic rings. The Morgan fingerprint density at radius 2 is 1.95 bits per heavy atom. The first-order valence-electron chi connectivity index (χ1n) is 6.25. The van der Waals surface area contributed by atoms with Gasteiger partial charge in [-0.3, -0.25) is 4.99 Å². The minimum Gasteiger partial charge on any atom is -0.356 e. The van der Waals surface area contributed by atoms with E-state index in [9.17, 15) is 8.42 Å². The third kappa shape index (κ3) is 5.25. The van der Waals surface area contributed by atoms with Crippen LogP contribution in [0.3, 0.4) is 0 Å². The normalized spacial score (nSPS) is 14.7. The molecule has 1 aliphatic heterocycles. The first-order chi connectivity index (χ1) is 9.18. The van der Waals surface area contributed by atoms with E-state index in [1.54, 1.807) is 30.3 Å². The van der Waals surface area contributed by atoms with Crippen molar-refractivity contribution >= 4 is 40.0 Å². The Morgan fingerprint density at radius 1 is 1.20 bits per heavy atom. The molecular weight excluding hydrogens is 391 g/mol. The number of benzene rings is 1. The van der Waals surface area contributed by atoms with Crippen molar-refractivity contribution in [1.82, 2.24) is 15.4 Å². The van der Waals surface area contributed by atoms with Crippen molar-refractivity contribution in [2.75, 3.05) is 26.2 Å². The lowest BCUT2D eigenvalue weighted by Gasteiger charge is -2.16. The zero-order chi connectivity index (χ0) is 13.6. The molecule has 1 aliphatic rings. The predicted octanol–water partition coefficient (Wildman–Crippen LogP) is 0.522. The molecule has 20 heavy (non-hydrogen) atoms. The van der Waals surface area contributed by atoms with Crippen molar-refractivity contribution in [3.8, 4) is 0 Å². The quantitative estimate of drug-likeness (QED) is 0.489. The van der Waals surface area contributed by atoms with Crippen LogP contribution in [-0.2, 0) is 10.0 Å². The smallest absolute Gasteiger partial charge is 0.240 e. The van der Waals surface area contributed by atoms with Gasteiger partial charge in [0.05, 0.1) is 4.90 Å². The summed E-state index contributed by atoms with van der Waals surface area (Å²) in [5, 5.41) is 6.17. The third-order valence-corrected chi connectivity index (χ3v) is 4.14. The van der Waals surface area contributed by atoms with Crippen LogP contribution >= 0.6 is 24.0 Å². The van der Waals surface area contributed by atoms with Gasteiger partial charge in [-0.2, -0.15) is 0 Å². The molecule has 0 bridgehead atoms. The molecule has 0 atom stereocenters. The van der Waals surface area contributed by atoms with Crippen LogP contribution in [0.25, 0.3) is 0 Å². The highest BCUT2D eigenvalue weighted by atomic mass is 127. The van der Waals surface area contributed by atoms with Crippen LogP contribution in [0.1, 0.15) is 6.42 Å². The second kappa shape index (κ2) is 8.42. The number of rotatable bonds is 5. The van der Waals surface area contributed by atoms with E-state index < -0.39 is 10.0 Å². The number of nitrogens with zero attached hydrogens (tertiary/aromatic N) is 1. The van der Waals surface area contributed by atoms with Gasteiger partial charge in [-0.05, 0) is 18.6 Å². The average molecular weight is 410 g/mol. The first kappa shape index (κ1) is 17.2. The lowest BCUT2D eigenvalue weighted by Crippen LogP contribution is -2.43. The van der Waals surface area contributed by atoms with Gasteiger partial charge in [-0.15, -0.1) is 24.0 Å². The van der Waals surface area contributed by atoms with Crippen molar-refractivity contribution in [2.24, 2.45) is 4.99 Å². The summed E-state index contributed by atoms with van der Waals surface area (Å²) < 4.78 is 26.3. The van der Waals surface area contributed by atoms with Crippen LogP contribution < -0.4 is 15.4 Å². The van der Waals surface area contributed by atoms with Gasteiger partial charge in [0.15, 0.2) is 5.96 Å². The molecule has 0 spiro atoms. The molecule has 6 nitrogen and oxygen atoms in total. The van der Waals surface area contributed by atoms with Crippen LogP contribution in [0.2, 0.25) is 0 Å². The Balaban J connectivity index is 0.00000200. The lowest BCUT2D eigenvalue weighted by atomic mass is 10.4. The van der Waals surface area contributed by atoms with E-state index in [0.717, 1.165) is 25.5 Å². The Morgan fingerprint density at radius 3 is 2.60 bits per heavy atom. The van der Waals surface area contributed by atoms with Crippen molar-refractivity contribution in [3.63, 3.8) is 0 Å². The third-order valence-electron chi connectivity index (χ3n) is 2.66. The largest absolute Gasteiger partial charge is 0.356 e. The first-order valence-corrected chi connectivity index (χ1v) is 7.74. The molecule has 0 saturated carbocycles. The van der Waals surface area contributed by atoms with Crippen LogP contribution in [-0.4, -0.2) is 40.6 Å². The number of hydrogen-bond donors (Lipinski definition) is 3. The number of sulfonamides is 1. The molecule has 0 fully saturated rings. The minimum absolute atomic E-state index is 0. The molecule has 0 amide bonds. The average Bonchev–Trinajstić information content (AvgIpc) is 2.46. The summed E-state index contributed by atoms with van der Waals surface area (Å²) in [6.45, 7) is 2.53. The topological polar surface area (TPSA) is 82.6 Å². The van der Waals surface area contributed by atoms with Gasteiger partial charge in [0.1, 0.15) is 0 Å². The zero-order valence-corrected chi connectivity index (χ0v) is 14.1. The zero-order valence-electron chi connectivity index (χ0n) is 11.0. The van der Waals surface area contributed by atoms with Gasteiger partial charge < -0.3 is 10.6 Å². The molecule has 0 aliphatic carbocycles. The highest BCUT2D eigenvalue weighted by Crippen LogP contribution is 2.06. The molecule has 1 heterocycles. The van der Waals surface area contributed by atoms with Gasteiger partial charge >= 0.3 is 0 Å². The Kier molecular flexibility index (Phi) is 7.24. The number of hydrogen-bond acceptors (Lipinski definition) is 5. The van der Waals surface area contributed by atoms with Gasteiger partial charge in [0.2, 0.25) is 10.0 Å². The van der Waals surface area contributed by atoms with Gasteiger partial charge in [-0.1, -0.05) is 18.2 Å². The molecule has 0 unspecified atom stereocenters. The molecule has 112 valence electrons. The molecule has 8 heteroatoms. The Bertz CT molecular complexity index is 534. The maximum absolute atomic E-state index is 11.9.